The molecule has 0 heterocycles. The molecule has 21 heavy (non-hydrogen) atoms. The molecular weight excluding hydrogens is 318 g/mol. The van der Waals surface area contributed by atoms with Gasteiger partial charge in [-0.1, -0.05) is 6.07 Å². The summed E-state index contributed by atoms with van der Waals surface area (Å²) in [6, 6.07) is 4.34. The lowest BCUT2D eigenvalue weighted by Gasteiger charge is -2.17. The fourth-order valence-corrected chi connectivity index (χ4v) is 2.88. The van der Waals surface area contributed by atoms with Gasteiger partial charge < -0.3 is 14.4 Å². The number of rotatable bonds is 7. The monoisotopic (exact) mass is 335 g/mol. The molecule has 0 aliphatic carbocycles. The molecule has 0 atom stereocenters. The second-order valence-corrected chi connectivity index (χ2v) is 6.95. The Morgan fingerprint density at radius 1 is 1.29 bits per heavy atom. The molecule has 1 amide bonds. The summed E-state index contributed by atoms with van der Waals surface area (Å²) < 4.78 is 33.1. The van der Waals surface area contributed by atoms with Gasteiger partial charge in [-0.05, 0) is 17.7 Å². The third kappa shape index (κ3) is 4.96. The molecule has 0 N–H and O–H groups in total. The van der Waals surface area contributed by atoms with E-state index in [-0.39, 0.29) is 23.0 Å². The van der Waals surface area contributed by atoms with Gasteiger partial charge in [-0.15, -0.1) is 0 Å². The van der Waals surface area contributed by atoms with Crippen molar-refractivity contribution in [2.24, 2.45) is 0 Å². The summed E-state index contributed by atoms with van der Waals surface area (Å²) in [6.07, 6.45) is 0. The average Bonchev–Trinajstić information content (AvgIpc) is 2.43. The van der Waals surface area contributed by atoms with Crippen molar-refractivity contribution >= 4 is 25.6 Å². The number of hydrogen-bond acceptors (Lipinski definition) is 5. The topological polar surface area (TPSA) is 72.9 Å². The van der Waals surface area contributed by atoms with E-state index < -0.39 is 9.05 Å². The Hall–Kier alpha value is -1.15. The number of benzene rings is 1. The van der Waals surface area contributed by atoms with Gasteiger partial charge in [0.1, 0.15) is 0 Å². The number of ether oxygens (including phenoxy) is 2. The summed E-state index contributed by atoms with van der Waals surface area (Å²) >= 11 is 0. The molecule has 0 saturated carbocycles. The van der Waals surface area contributed by atoms with Gasteiger partial charge in [0.05, 0.1) is 18.1 Å². The van der Waals surface area contributed by atoms with Gasteiger partial charge in [0.2, 0.25) is 0 Å². The highest BCUT2D eigenvalue weighted by Crippen LogP contribution is 2.23. The van der Waals surface area contributed by atoms with E-state index >= 15 is 0 Å². The van der Waals surface area contributed by atoms with Crippen molar-refractivity contribution in [2.75, 3.05) is 34.4 Å². The van der Waals surface area contributed by atoms with E-state index in [0.717, 1.165) is 0 Å². The molecule has 0 fully saturated rings. The number of halogens is 1. The second-order valence-electron chi connectivity index (χ2n) is 4.41. The average molecular weight is 336 g/mol. The first-order valence-electron chi connectivity index (χ1n) is 6.12. The van der Waals surface area contributed by atoms with E-state index in [4.69, 9.17) is 20.2 Å². The second kappa shape index (κ2) is 7.74. The Kier molecular flexibility index (Phi) is 6.60. The van der Waals surface area contributed by atoms with Crippen LogP contribution < -0.4 is 0 Å². The van der Waals surface area contributed by atoms with Gasteiger partial charge in [-0.2, -0.15) is 0 Å². The van der Waals surface area contributed by atoms with Crippen molar-refractivity contribution in [3.63, 3.8) is 0 Å². The lowest BCUT2D eigenvalue weighted by molar-refractivity contribution is 0.0744. The number of nitrogens with zero attached hydrogens (tertiary/aromatic N) is 1. The summed E-state index contributed by atoms with van der Waals surface area (Å²) in [5.41, 5.74) is 0.649. The Bertz CT molecular complexity index is 603. The van der Waals surface area contributed by atoms with Crippen molar-refractivity contribution in [1.82, 2.24) is 4.90 Å². The Morgan fingerprint density at radius 2 is 1.95 bits per heavy atom. The molecule has 1 aromatic rings. The van der Waals surface area contributed by atoms with Gasteiger partial charge in [0.25, 0.3) is 15.0 Å². The maximum atomic E-state index is 12.2. The summed E-state index contributed by atoms with van der Waals surface area (Å²) in [5, 5.41) is 0. The first kappa shape index (κ1) is 17.9. The predicted octanol–water partition coefficient (Wildman–Crippen LogP) is 1.48. The van der Waals surface area contributed by atoms with Gasteiger partial charge >= 0.3 is 0 Å². The molecule has 0 spiro atoms. The van der Waals surface area contributed by atoms with Crippen LogP contribution in [0.25, 0.3) is 0 Å². The predicted molar refractivity (Wildman–Crippen MR) is 79.0 cm³/mol. The quantitative estimate of drug-likeness (QED) is 0.706. The lowest BCUT2D eigenvalue weighted by atomic mass is 10.1. The molecule has 0 aliphatic rings. The zero-order valence-corrected chi connectivity index (χ0v) is 13.7. The smallest absolute Gasteiger partial charge is 0.261 e. The number of carbonyl (C=O) groups excluding carboxylic acids is 1. The summed E-state index contributed by atoms with van der Waals surface area (Å²) in [7, 11) is 6.05. The lowest BCUT2D eigenvalue weighted by Crippen LogP contribution is -2.30. The number of likely N-dealkylation sites (N-methyl/N-ethyl adjacent to an activating group) is 1. The van der Waals surface area contributed by atoms with Crippen LogP contribution in [0.3, 0.4) is 0 Å². The largest absolute Gasteiger partial charge is 0.383 e. The van der Waals surface area contributed by atoms with Gasteiger partial charge in [-0.25, -0.2) is 8.42 Å². The van der Waals surface area contributed by atoms with E-state index in [1.54, 1.807) is 13.1 Å². The maximum Gasteiger partial charge on any atom is 0.261 e. The standard InChI is InChI=1S/C13H18ClNO5S/c1-15(6-7-19-2)13(16)10-4-5-11(9-20-3)12(8-10)21(14,17)18/h4-5,8H,6-7,9H2,1-3H3. The Morgan fingerprint density at radius 3 is 2.48 bits per heavy atom. The van der Waals surface area contributed by atoms with Crippen molar-refractivity contribution in [2.45, 2.75) is 11.5 Å². The summed E-state index contributed by atoms with van der Waals surface area (Å²) in [6.45, 7) is 0.887. The molecular formula is C13H18ClNO5S. The number of hydrogen-bond donors (Lipinski definition) is 0. The molecule has 0 unspecified atom stereocenters. The van der Waals surface area contributed by atoms with Crippen molar-refractivity contribution in [3.8, 4) is 0 Å². The molecule has 0 aliphatic heterocycles. The van der Waals surface area contributed by atoms with Gasteiger partial charge in [0.15, 0.2) is 0 Å². The highest BCUT2D eigenvalue weighted by atomic mass is 35.7. The van der Waals surface area contributed by atoms with E-state index in [2.05, 4.69) is 0 Å². The van der Waals surface area contributed by atoms with Crippen LogP contribution in [0.4, 0.5) is 0 Å². The van der Waals surface area contributed by atoms with Crippen LogP contribution >= 0.6 is 10.7 Å². The molecule has 0 saturated heterocycles. The molecule has 0 aromatic heterocycles. The van der Waals surface area contributed by atoms with E-state index in [1.807, 2.05) is 0 Å². The first-order valence-corrected chi connectivity index (χ1v) is 8.43. The molecule has 8 heteroatoms. The van der Waals surface area contributed by atoms with E-state index in [9.17, 15) is 13.2 Å². The van der Waals surface area contributed by atoms with Gasteiger partial charge in [-0.3, -0.25) is 4.79 Å². The minimum atomic E-state index is -3.96. The highest BCUT2D eigenvalue weighted by Gasteiger charge is 2.20. The van der Waals surface area contributed by atoms with Crippen molar-refractivity contribution in [1.29, 1.82) is 0 Å². The zero-order chi connectivity index (χ0) is 16.0. The number of carbonyl (C=O) groups is 1. The van der Waals surface area contributed by atoms with Crippen LogP contribution in [0.5, 0.6) is 0 Å². The Labute approximate surface area is 129 Å². The van der Waals surface area contributed by atoms with Crippen LogP contribution in [0.1, 0.15) is 15.9 Å². The SMILES string of the molecule is COCCN(C)C(=O)c1ccc(COC)c(S(=O)(=O)Cl)c1. The fraction of sp³-hybridized carbons (Fsp3) is 0.462. The van der Waals surface area contributed by atoms with Crippen molar-refractivity contribution in [3.05, 3.63) is 29.3 Å². The normalized spacial score (nSPS) is 11.4. The number of amides is 1. The van der Waals surface area contributed by atoms with Crippen LogP contribution in [0.15, 0.2) is 23.1 Å². The molecule has 118 valence electrons. The van der Waals surface area contributed by atoms with Crippen LogP contribution in [-0.4, -0.2) is 53.6 Å². The fourth-order valence-electron chi connectivity index (χ4n) is 1.74. The first-order chi connectivity index (χ1) is 9.81. The van der Waals surface area contributed by atoms with E-state index in [1.165, 1.54) is 31.3 Å². The highest BCUT2D eigenvalue weighted by molar-refractivity contribution is 8.13. The minimum Gasteiger partial charge on any atom is -0.383 e. The molecule has 1 aromatic carbocycles. The van der Waals surface area contributed by atoms with Crippen LogP contribution in [0.2, 0.25) is 0 Å². The maximum absolute atomic E-state index is 12.2. The Balaban J connectivity index is 3.13. The molecule has 0 bridgehead atoms. The summed E-state index contributed by atoms with van der Waals surface area (Å²) in [4.78, 5) is 13.5. The van der Waals surface area contributed by atoms with E-state index in [0.29, 0.717) is 18.7 Å². The molecule has 1 rings (SSSR count). The van der Waals surface area contributed by atoms with Crippen molar-refractivity contribution < 1.29 is 22.7 Å². The third-order valence-electron chi connectivity index (χ3n) is 2.85. The van der Waals surface area contributed by atoms with Crippen LogP contribution in [0, 0.1) is 0 Å². The summed E-state index contributed by atoms with van der Waals surface area (Å²) in [5.74, 6) is -0.308. The minimum absolute atomic E-state index is 0.0925. The zero-order valence-electron chi connectivity index (χ0n) is 12.1. The molecule has 6 nitrogen and oxygen atoms in total. The third-order valence-corrected chi connectivity index (χ3v) is 4.26. The van der Waals surface area contributed by atoms with Crippen LogP contribution in [-0.2, 0) is 25.1 Å². The molecule has 0 radical (unpaired) electrons. The van der Waals surface area contributed by atoms with Gasteiger partial charge in [0, 0.05) is 44.1 Å². The number of methoxy groups -OCH3 is 2.